The third kappa shape index (κ3) is 2.74. The Morgan fingerprint density at radius 1 is 1.29 bits per heavy atom. The van der Waals surface area contributed by atoms with Crippen LogP contribution in [0.15, 0.2) is 24.3 Å². The molecule has 1 aromatic carbocycles. The molecule has 0 fully saturated rings. The Hall–Kier alpha value is -2.05. The number of benzene rings is 1. The molecule has 17 heavy (non-hydrogen) atoms. The summed E-state index contributed by atoms with van der Waals surface area (Å²) in [5, 5.41) is 6.89. The average Bonchev–Trinajstić information content (AvgIpc) is 2.58. The Labute approximate surface area is 94.3 Å². The van der Waals surface area contributed by atoms with E-state index in [9.17, 15) is 18.0 Å². The first kappa shape index (κ1) is 13.0. The monoisotopic (exact) mass is 247 g/mol. The summed E-state index contributed by atoms with van der Waals surface area (Å²) in [6.45, 7) is -0.626. The van der Waals surface area contributed by atoms with E-state index in [1.54, 1.807) is 12.1 Å². The van der Waals surface area contributed by atoms with Gasteiger partial charge in [0.05, 0.1) is 6.54 Å². The molecule has 1 aromatic rings. The van der Waals surface area contributed by atoms with Crippen LogP contribution in [-0.4, -0.2) is 28.7 Å². The van der Waals surface area contributed by atoms with Crippen LogP contribution in [-0.2, 0) is 11.3 Å². The smallest absolute Gasteiger partial charge is 0.483 e. The Kier molecular flexibility index (Phi) is 3.72. The second-order valence-electron chi connectivity index (χ2n) is 3.12. The summed E-state index contributed by atoms with van der Waals surface area (Å²) in [4.78, 5) is 19.5. The molecule has 0 atom stereocenters. The molecule has 2 rings (SSSR count). The Balaban J connectivity index is 0.000000437. The zero-order valence-corrected chi connectivity index (χ0v) is 8.44. The van der Waals surface area contributed by atoms with Gasteiger partial charge in [-0.1, -0.05) is 18.2 Å². The Morgan fingerprint density at radius 3 is 2.29 bits per heavy atom. The van der Waals surface area contributed by atoms with Crippen molar-refractivity contribution in [3.8, 4) is 0 Å². The number of fused-ring (bicyclic) bond motifs is 1. The number of amides is 1. The first-order valence-corrected chi connectivity index (χ1v) is 4.46. The van der Waals surface area contributed by atoms with Gasteiger partial charge in [0.15, 0.2) is 0 Å². The molecular formula is C10H8F3NO3. The molecule has 0 radical (unpaired) electrons. The molecule has 0 aromatic heterocycles. The van der Waals surface area contributed by atoms with Crippen molar-refractivity contribution >= 4 is 12.4 Å². The average molecular weight is 247 g/mol. The highest BCUT2D eigenvalue weighted by atomic mass is 19.4. The summed E-state index contributed by atoms with van der Waals surface area (Å²) in [6, 6.07) is 6.10. The Bertz CT molecular complexity index is 431. The van der Waals surface area contributed by atoms with E-state index in [1.807, 2.05) is 0 Å². The van der Waals surface area contributed by atoms with E-state index in [-0.39, 0.29) is 23.5 Å². The van der Waals surface area contributed by atoms with Crippen LogP contribution in [0.4, 0.5) is 13.2 Å². The van der Waals surface area contributed by atoms with E-state index in [2.05, 4.69) is 0 Å². The van der Waals surface area contributed by atoms with E-state index in [4.69, 9.17) is 9.90 Å². The van der Waals surface area contributed by atoms with E-state index in [1.165, 1.54) is 12.1 Å². The SMILES string of the molecule is O=C1c2ccccc2CN1C(F)(F)F.O=CO. The summed E-state index contributed by atoms with van der Waals surface area (Å²) in [6.07, 6.45) is -4.59. The first-order chi connectivity index (χ1) is 7.91. The van der Waals surface area contributed by atoms with Crippen molar-refractivity contribution in [2.45, 2.75) is 12.8 Å². The van der Waals surface area contributed by atoms with Crippen LogP contribution in [0.5, 0.6) is 0 Å². The lowest BCUT2D eigenvalue weighted by Crippen LogP contribution is -2.37. The topological polar surface area (TPSA) is 57.6 Å². The zero-order chi connectivity index (χ0) is 13.1. The molecular weight excluding hydrogens is 239 g/mol. The lowest BCUT2D eigenvalue weighted by Gasteiger charge is -2.18. The highest BCUT2D eigenvalue weighted by molar-refractivity contribution is 5.98. The normalized spacial score (nSPS) is 13.8. The van der Waals surface area contributed by atoms with E-state index >= 15 is 0 Å². The summed E-state index contributed by atoms with van der Waals surface area (Å²) in [5.74, 6) is -0.965. The third-order valence-corrected chi connectivity index (χ3v) is 2.13. The third-order valence-electron chi connectivity index (χ3n) is 2.13. The van der Waals surface area contributed by atoms with Gasteiger partial charge in [-0.15, -0.1) is 13.2 Å². The molecule has 1 amide bonds. The van der Waals surface area contributed by atoms with Crippen molar-refractivity contribution in [1.82, 2.24) is 4.90 Å². The fourth-order valence-electron chi connectivity index (χ4n) is 1.46. The number of nitrogens with zero attached hydrogens (tertiary/aromatic N) is 1. The molecule has 0 saturated heterocycles. The lowest BCUT2D eigenvalue weighted by atomic mass is 10.1. The van der Waals surface area contributed by atoms with Gasteiger partial charge in [-0.05, 0) is 11.6 Å². The van der Waals surface area contributed by atoms with Crippen molar-refractivity contribution in [3.63, 3.8) is 0 Å². The van der Waals surface area contributed by atoms with Crippen LogP contribution in [0.3, 0.4) is 0 Å². The predicted molar refractivity (Wildman–Crippen MR) is 51.1 cm³/mol. The molecule has 1 aliphatic heterocycles. The number of carboxylic acid groups (broad SMARTS) is 1. The van der Waals surface area contributed by atoms with E-state index in [0.717, 1.165) is 0 Å². The van der Waals surface area contributed by atoms with Gasteiger partial charge in [0.2, 0.25) is 0 Å². The fraction of sp³-hybridized carbons (Fsp3) is 0.200. The fourth-order valence-corrected chi connectivity index (χ4v) is 1.46. The number of carbonyl (C=O) groups is 2. The number of halogens is 3. The summed E-state index contributed by atoms with van der Waals surface area (Å²) >= 11 is 0. The quantitative estimate of drug-likeness (QED) is 0.562. The van der Waals surface area contributed by atoms with Crippen molar-refractivity contribution in [2.75, 3.05) is 0 Å². The van der Waals surface area contributed by atoms with Gasteiger partial charge >= 0.3 is 6.30 Å². The summed E-state index contributed by atoms with van der Waals surface area (Å²) < 4.78 is 36.8. The summed E-state index contributed by atoms with van der Waals surface area (Å²) in [7, 11) is 0. The van der Waals surface area contributed by atoms with Gasteiger partial charge in [-0.25, -0.2) is 4.90 Å². The molecule has 1 aliphatic rings. The van der Waals surface area contributed by atoms with Gasteiger partial charge in [-0.3, -0.25) is 9.59 Å². The van der Waals surface area contributed by atoms with Crippen LogP contribution in [0.1, 0.15) is 15.9 Å². The van der Waals surface area contributed by atoms with Crippen LogP contribution in [0.25, 0.3) is 0 Å². The van der Waals surface area contributed by atoms with Crippen LogP contribution in [0.2, 0.25) is 0 Å². The molecule has 92 valence electrons. The van der Waals surface area contributed by atoms with Crippen LogP contribution in [0, 0.1) is 0 Å². The minimum absolute atomic E-state index is 0.0856. The molecule has 1 heterocycles. The number of hydrogen-bond acceptors (Lipinski definition) is 2. The van der Waals surface area contributed by atoms with Gasteiger partial charge in [0.1, 0.15) is 0 Å². The molecule has 0 spiro atoms. The maximum Gasteiger partial charge on any atom is 0.487 e. The molecule has 0 saturated carbocycles. The second kappa shape index (κ2) is 4.86. The van der Waals surface area contributed by atoms with E-state index < -0.39 is 12.2 Å². The Morgan fingerprint density at radius 2 is 1.82 bits per heavy atom. The largest absolute Gasteiger partial charge is 0.487 e. The van der Waals surface area contributed by atoms with Crippen molar-refractivity contribution in [3.05, 3.63) is 35.4 Å². The highest BCUT2D eigenvalue weighted by Gasteiger charge is 2.45. The first-order valence-electron chi connectivity index (χ1n) is 4.46. The molecule has 0 unspecified atom stereocenters. The highest BCUT2D eigenvalue weighted by Crippen LogP contribution is 2.31. The number of rotatable bonds is 0. The van der Waals surface area contributed by atoms with Gasteiger partial charge in [-0.2, -0.15) is 0 Å². The van der Waals surface area contributed by atoms with Gasteiger partial charge in [0.25, 0.3) is 12.4 Å². The zero-order valence-electron chi connectivity index (χ0n) is 8.44. The lowest BCUT2D eigenvalue weighted by molar-refractivity contribution is -0.225. The van der Waals surface area contributed by atoms with Crippen molar-refractivity contribution < 1.29 is 27.9 Å². The maximum absolute atomic E-state index is 12.3. The van der Waals surface area contributed by atoms with E-state index in [0.29, 0.717) is 5.56 Å². The predicted octanol–water partition coefficient (Wildman–Crippen LogP) is 1.86. The van der Waals surface area contributed by atoms with Crippen LogP contribution < -0.4 is 0 Å². The number of alkyl halides is 3. The standard InChI is InChI=1S/C9H6F3NO.CH2O2/c10-9(11,12)13-5-6-3-1-2-4-7(6)8(13)14;2-1-3/h1-4H,5H2;1H,(H,2,3). The molecule has 7 heteroatoms. The minimum Gasteiger partial charge on any atom is -0.483 e. The molecule has 1 N–H and O–H groups in total. The minimum atomic E-state index is -4.59. The molecule has 0 bridgehead atoms. The number of carbonyl (C=O) groups excluding carboxylic acids is 1. The second-order valence-corrected chi connectivity index (χ2v) is 3.12. The van der Waals surface area contributed by atoms with Crippen molar-refractivity contribution in [1.29, 1.82) is 0 Å². The number of hydrogen-bond donors (Lipinski definition) is 1. The molecule has 0 aliphatic carbocycles. The molecule has 4 nitrogen and oxygen atoms in total. The van der Waals surface area contributed by atoms with Crippen LogP contribution >= 0.6 is 0 Å². The van der Waals surface area contributed by atoms with Gasteiger partial charge < -0.3 is 5.11 Å². The maximum atomic E-state index is 12.3. The van der Waals surface area contributed by atoms with Gasteiger partial charge in [0, 0.05) is 5.56 Å². The summed E-state index contributed by atoms with van der Waals surface area (Å²) in [5.41, 5.74) is 0.569. The van der Waals surface area contributed by atoms with Crippen molar-refractivity contribution in [2.24, 2.45) is 0 Å².